The Balaban J connectivity index is 1.83. The molecule has 0 bridgehead atoms. The first-order chi connectivity index (χ1) is 10.7. The molecular formula is C16H22N4OS. The van der Waals surface area contributed by atoms with E-state index < -0.39 is 0 Å². The lowest BCUT2D eigenvalue weighted by Gasteiger charge is -2.07. The molecule has 1 heterocycles. The number of carbonyl (C=O) groups is 1. The Labute approximate surface area is 135 Å². The molecule has 0 spiro atoms. The Morgan fingerprint density at radius 1 is 1.23 bits per heavy atom. The zero-order valence-electron chi connectivity index (χ0n) is 13.1. The highest BCUT2D eigenvalue weighted by atomic mass is 32.2. The SMILES string of the molecule is CCCc1nnc(SCC(=O)NCc2ccccc2)n1CC. The number of rotatable bonds is 8. The molecule has 1 amide bonds. The Morgan fingerprint density at radius 2 is 2.00 bits per heavy atom. The predicted octanol–water partition coefficient (Wildman–Crippen LogP) is 2.66. The summed E-state index contributed by atoms with van der Waals surface area (Å²) in [5.74, 6) is 1.37. The highest BCUT2D eigenvalue weighted by Gasteiger charge is 2.12. The second-order valence-corrected chi connectivity index (χ2v) is 5.89. The number of amides is 1. The Hall–Kier alpha value is -1.82. The Kier molecular flexibility index (Phi) is 6.45. The lowest BCUT2D eigenvalue weighted by atomic mass is 10.2. The van der Waals surface area contributed by atoms with Crippen molar-refractivity contribution in [2.45, 2.75) is 44.9 Å². The maximum atomic E-state index is 11.9. The highest BCUT2D eigenvalue weighted by molar-refractivity contribution is 7.99. The number of nitrogens with one attached hydrogen (secondary N) is 1. The van der Waals surface area contributed by atoms with E-state index in [1.807, 2.05) is 30.3 Å². The molecule has 0 unspecified atom stereocenters. The van der Waals surface area contributed by atoms with E-state index in [1.165, 1.54) is 11.8 Å². The smallest absolute Gasteiger partial charge is 0.230 e. The molecule has 0 saturated heterocycles. The van der Waals surface area contributed by atoms with Crippen molar-refractivity contribution in [2.75, 3.05) is 5.75 Å². The van der Waals surface area contributed by atoms with Gasteiger partial charge in [-0.3, -0.25) is 4.79 Å². The third-order valence-corrected chi connectivity index (χ3v) is 4.21. The zero-order chi connectivity index (χ0) is 15.8. The molecule has 2 rings (SSSR count). The van der Waals surface area contributed by atoms with E-state index in [-0.39, 0.29) is 5.91 Å². The van der Waals surface area contributed by atoms with Crippen molar-refractivity contribution < 1.29 is 4.79 Å². The van der Waals surface area contributed by atoms with Gasteiger partial charge >= 0.3 is 0 Å². The quantitative estimate of drug-likeness (QED) is 0.760. The predicted molar refractivity (Wildman–Crippen MR) is 88.7 cm³/mol. The van der Waals surface area contributed by atoms with Gasteiger partial charge in [0.2, 0.25) is 5.91 Å². The summed E-state index contributed by atoms with van der Waals surface area (Å²) < 4.78 is 2.08. The van der Waals surface area contributed by atoms with Crippen molar-refractivity contribution in [3.63, 3.8) is 0 Å². The van der Waals surface area contributed by atoms with Crippen LogP contribution in [-0.4, -0.2) is 26.4 Å². The summed E-state index contributed by atoms with van der Waals surface area (Å²) in [6.07, 6.45) is 1.96. The summed E-state index contributed by atoms with van der Waals surface area (Å²) in [7, 11) is 0. The monoisotopic (exact) mass is 318 g/mol. The van der Waals surface area contributed by atoms with Crippen molar-refractivity contribution in [3.8, 4) is 0 Å². The first kappa shape index (κ1) is 16.5. The van der Waals surface area contributed by atoms with Gasteiger partial charge in [-0.1, -0.05) is 49.0 Å². The van der Waals surface area contributed by atoms with E-state index >= 15 is 0 Å². The van der Waals surface area contributed by atoms with E-state index in [4.69, 9.17) is 0 Å². The average molecular weight is 318 g/mol. The maximum Gasteiger partial charge on any atom is 0.230 e. The van der Waals surface area contributed by atoms with Crippen LogP contribution in [0.15, 0.2) is 35.5 Å². The lowest BCUT2D eigenvalue weighted by molar-refractivity contribution is -0.118. The maximum absolute atomic E-state index is 11.9. The van der Waals surface area contributed by atoms with Crippen molar-refractivity contribution >= 4 is 17.7 Å². The highest BCUT2D eigenvalue weighted by Crippen LogP contribution is 2.17. The van der Waals surface area contributed by atoms with Crippen LogP contribution in [0.4, 0.5) is 0 Å². The number of nitrogens with zero attached hydrogens (tertiary/aromatic N) is 3. The summed E-state index contributed by atoms with van der Waals surface area (Å²) in [6.45, 7) is 5.58. The number of carbonyl (C=O) groups excluding carboxylic acids is 1. The standard InChI is InChI=1S/C16H22N4OS/c1-3-8-14-18-19-16(20(14)4-2)22-12-15(21)17-11-13-9-6-5-7-10-13/h5-7,9-10H,3-4,8,11-12H2,1-2H3,(H,17,21). The molecule has 0 aliphatic heterocycles. The number of aromatic nitrogens is 3. The minimum Gasteiger partial charge on any atom is -0.351 e. The number of thioether (sulfide) groups is 1. The van der Waals surface area contributed by atoms with E-state index in [9.17, 15) is 4.79 Å². The second-order valence-electron chi connectivity index (χ2n) is 4.94. The van der Waals surface area contributed by atoms with Crippen LogP contribution in [0.2, 0.25) is 0 Å². The largest absolute Gasteiger partial charge is 0.351 e. The van der Waals surface area contributed by atoms with Crippen molar-refractivity contribution in [3.05, 3.63) is 41.7 Å². The molecule has 22 heavy (non-hydrogen) atoms. The number of benzene rings is 1. The van der Waals surface area contributed by atoms with E-state index in [1.54, 1.807) is 0 Å². The minimum atomic E-state index is 0.0107. The van der Waals surface area contributed by atoms with Gasteiger partial charge in [0.25, 0.3) is 0 Å². The molecule has 2 aromatic rings. The molecule has 1 aromatic heterocycles. The Bertz CT molecular complexity index is 597. The second kappa shape index (κ2) is 8.58. The summed E-state index contributed by atoms with van der Waals surface area (Å²) >= 11 is 1.44. The van der Waals surface area contributed by atoms with E-state index in [0.717, 1.165) is 35.9 Å². The van der Waals surface area contributed by atoms with Crippen molar-refractivity contribution in [1.29, 1.82) is 0 Å². The van der Waals surface area contributed by atoms with Crippen molar-refractivity contribution in [2.24, 2.45) is 0 Å². The molecule has 0 saturated carbocycles. The summed E-state index contributed by atoms with van der Waals surface area (Å²) in [6, 6.07) is 9.90. The summed E-state index contributed by atoms with van der Waals surface area (Å²) in [4.78, 5) is 11.9. The van der Waals surface area contributed by atoms with Gasteiger partial charge in [-0.15, -0.1) is 10.2 Å². The summed E-state index contributed by atoms with van der Waals surface area (Å²) in [5, 5.41) is 12.1. The van der Waals surface area contributed by atoms with Crippen LogP contribution in [0, 0.1) is 0 Å². The van der Waals surface area contributed by atoms with Crippen molar-refractivity contribution in [1.82, 2.24) is 20.1 Å². The van der Waals surface area contributed by atoms with Crippen LogP contribution in [0.5, 0.6) is 0 Å². The van der Waals surface area contributed by atoms with Gasteiger partial charge in [0.1, 0.15) is 5.82 Å². The summed E-state index contributed by atoms with van der Waals surface area (Å²) in [5.41, 5.74) is 1.10. The number of aryl methyl sites for hydroxylation is 1. The van der Waals surface area contributed by atoms with Gasteiger partial charge in [0.05, 0.1) is 5.75 Å². The molecule has 5 nitrogen and oxygen atoms in total. The van der Waals surface area contributed by atoms with Crippen LogP contribution >= 0.6 is 11.8 Å². The molecule has 6 heteroatoms. The number of hydrogen-bond donors (Lipinski definition) is 1. The fourth-order valence-corrected chi connectivity index (χ4v) is 2.98. The molecular weight excluding hydrogens is 296 g/mol. The molecule has 1 aromatic carbocycles. The minimum absolute atomic E-state index is 0.0107. The third kappa shape index (κ3) is 4.59. The molecule has 0 atom stereocenters. The van der Waals surface area contributed by atoms with Gasteiger partial charge in [-0.05, 0) is 18.9 Å². The van der Waals surface area contributed by atoms with Crippen LogP contribution < -0.4 is 5.32 Å². The first-order valence-electron chi connectivity index (χ1n) is 7.60. The van der Waals surface area contributed by atoms with Gasteiger partial charge in [0.15, 0.2) is 5.16 Å². The zero-order valence-corrected chi connectivity index (χ0v) is 13.9. The van der Waals surface area contributed by atoms with Gasteiger partial charge < -0.3 is 9.88 Å². The fraction of sp³-hybridized carbons (Fsp3) is 0.438. The fourth-order valence-electron chi connectivity index (χ4n) is 2.13. The molecule has 0 aliphatic rings. The Morgan fingerprint density at radius 3 is 2.68 bits per heavy atom. The van der Waals surface area contributed by atoms with E-state index in [0.29, 0.717) is 12.3 Å². The van der Waals surface area contributed by atoms with Crippen LogP contribution in [0.1, 0.15) is 31.7 Å². The van der Waals surface area contributed by atoms with Crippen LogP contribution in [-0.2, 0) is 24.3 Å². The molecule has 118 valence electrons. The molecule has 0 fully saturated rings. The van der Waals surface area contributed by atoms with Crippen LogP contribution in [0.3, 0.4) is 0 Å². The van der Waals surface area contributed by atoms with Gasteiger partial charge in [-0.2, -0.15) is 0 Å². The third-order valence-electron chi connectivity index (χ3n) is 3.25. The number of hydrogen-bond acceptors (Lipinski definition) is 4. The molecule has 1 N–H and O–H groups in total. The molecule has 0 aliphatic carbocycles. The average Bonchev–Trinajstić information content (AvgIpc) is 2.94. The van der Waals surface area contributed by atoms with Crippen LogP contribution in [0.25, 0.3) is 0 Å². The topological polar surface area (TPSA) is 59.8 Å². The lowest BCUT2D eigenvalue weighted by Crippen LogP contribution is -2.24. The first-order valence-corrected chi connectivity index (χ1v) is 8.58. The molecule has 0 radical (unpaired) electrons. The van der Waals surface area contributed by atoms with Gasteiger partial charge in [-0.25, -0.2) is 0 Å². The van der Waals surface area contributed by atoms with Gasteiger partial charge in [0, 0.05) is 19.5 Å². The van der Waals surface area contributed by atoms with E-state index in [2.05, 4.69) is 33.9 Å². The normalized spacial score (nSPS) is 10.6.